The monoisotopic (exact) mass is 317 g/mol. The average Bonchev–Trinajstić information content (AvgIpc) is 2.52. The summed E-state index contributed by atoms with van der Waals surface area (Å²) in [6.45, 7) is 0. The first-order chi connectivity index (χ1) is 10.7. The van der Waals surface area contributed by atoms with Gasteiger partial charge in [0.15, 0.2) is 21.4 Å². The Labute approximate surface area is 129 Å². The fourth-order valence-corrected chi connectivity index (χ4v) is 4.32. The van der Waals surface area contributed by atoms with Crippen LogP contribution in [-0.4, -0.2) is 0 Å². The van der Waals surface area contributed by atoms with Gasteiger partial charge in [-0.05, 0) is 24.3 Å². The third-order valence-corrected chi connectivity index (χ3v) is 5.41. The first kappa shape index (κ1) is 14.7. The van der Waals surface area contributed by atoms with E-state index in [0.29, 0.717) is 0 Å². The lowest BCUT2D eigenvalue weighted by atomic mass is 10.3. The minimum Gasteiger partial charge on any atom is -0.207 e. The van der Waals surface area contributed by atoms with Crippen molar-refractivity contribution in [3.8, 4) is 0 Å². The molecule has 3 aromatic carbocycles. The van der Waals surface area contributed by atoms with Gasteiger partial charge in [-0.25, -0.2) is 13.2 Å². The third kappa shape index (κ3) is 2.88. The summed E-state index contributed by atoms with van der Waals surface area (Å²) in [6.07, 6.45) is 0. The van der Waals surface area contributed by atoms with Gasteiger partial charge in [-0.2, -0.15) is 0 Å². The van der Waals surface area contributed by atoms with E-state index >= 15 is 0 Å². The van der Waals surface area contributed by atoms with Gasteiger partial charge >= 0.3 is 0 Å². The van der Waals surface area contributed by atoms with E-state index in [1.165, 1.54) is 0 Å². The highest BCUT2D eigenvalue weighted by Crippen LogP contribution is 2.34. The van der Waals surface area contributed by atoms with Gasteiger partial charge in [0.05, 0.1) is 0 Å². The summed E-state index contributed by atoms with van der Waals surface area (Å²) in [5, 5.41) is 0. The number of hydrogen-bond acceptors (Lipinski definition) is 0. The SMILES string of the molecule is Fc1cc(F)c([S+](c2ccccc2)c2ccccc2)c(F)c1. The minimum absolute atomic E-state index is 0.112. The second-order valence-corrected chi connectivity index (χ2v) is 6.59. The fraction of sp³-hybridized carbons (Fsp3) is 0. The lowest BCUT2D eigenvalue weighted by molar-refractivity contribution is 0.509. The lowest BCUT2D eigenvalue weighted by Gasteiger charge is -2.09. The molecule has 0 aliphatic heterocycles. The molecule has 110 valence electrons. The summed E-state index contributed by atoms with van der Waals surface area (Å²) in [4.78, 5) is 1.44. The molecule has 0 heterocycles. The van der Waals surface area contributed by atoms with Crippen molar-refractivity contribution >= 4 is 10.9 Å². The van der Waals surface area contributed by atoms with E-state index in [-0.39, 0.29) is 4.90 Å². The largest absolute Gasteiger partial charge is 0.237 e. The van der Waals surface area contributed by atoms with E-state index in [1.54, 1.807) is 0 Å². The van der Waals surface area contributed by atoms with Crippen molar-refractivity contribution in [3.63, 3.8) is 0 Å². The molecule has 0 fully saturated rings. The molecule has 0 unspecified atom stereocenters. The summed E-state index contributed by atoms with van der Waals surface area (Å²) in [5.74, 6) is -2.65. The van der Waals surface area contributed by atoms with Gasteiger partial charge in [-0.15, -0.1) is 0 Å². The number of hydrogen-bond donors (Lipinski definition) is 0. The Morgan fingerprint density at radius 3 is 1.41 bits per heavy atom. The normalized spacial score (nSPS) is 10.9. The van der Waals surface area contributed by atoms with Crippen molar-refractivity contribution in [1.82, 2.24) is 0 Å². The predicted octanol–water partition coefficient (Wildman–Crippen LogP) is 5.20. The molecule has 0 saturated carbocycles. The number of rotatable bonds is 3. The molecule has 0 N–H and O–H groups in total. The topological polar surface area (TPSA) is 0 Å². The van der Waals surface area contributed by atoms with Gasteiger partial charge in [-0.3, -0.25) is 0 Å². The molecule has 0 saturated heterocycles. The van der Waals surface area contributed by atoms with Crippen LogP contribution in [-0.2, 0) is 10.9 Å². The highest BCUT2D eigenvalue weighted by Gasteiger charge is 2.35. The third-order valence-electron chi connectivity index (χ3n) is 3.12. The van der Waals surface area contributed by atoms with Crippen LogP contribution in [0.15, 0.2) is 87.5 Å². The highest BCUT2D eigenvalue weighted by atomic mass is 32.2. The molecule has 0 radical (unpaired) electrons. The number of benzene rings is 3. The van der Waals surface area contributed by atoms with E-state index in [9.17, 15) is 13.2 Å². The van der Waals surface area contributed by atoms with Crippen LogP contribution in [0.3, 0.4) is 0 Å². The second kappa shape index (κ2) is 6.28. The van der Waals surface area contributed by atoms with E-state index in [1.807, 2.05) is 60.7 Å². The Kier molecular flexibility index (Phi) is 4.20. The Hall–Kier alpha value is -2.20. The zero-order valence-corrected chi connectivity index (χ0v) is 12.3. The van der Waals surface area contributed by atoms with Crippen LogP contribution in [0.4, 0.5) is 13.2 Å². The molecular weight excluding hydrogens is 305 g/mol. The second-order valence-electron chi connectivity index (χ2n) is 4.63. The Morgan fingerprint density at radius 1 is 0.591 bits per heavy atom. The lowest BCUT2D eigenvalue weighted by Crippen LogP contribution is -2.10. The quantitative estimate of drug-likeness (QED) is 0.583. The molecule has 0 bridgehead atoms. The first-order valence-corrected chi connectivity index (χ1v) is 7.88. The molecule has 0 aliphatic carbocycles. The summed E-state index contributed by atoms with van der Waals surface area (Å²) in [7, 11) is -0.963. The molecule has 0 amide bonds. The van der Waals surface area contributed by atoms with Gasteiger partial charge in [-0.1, -0.05) is 36.4 Å². The van der Waals surface area contributed by atoms with Crippen LogP contribution in [0.2, 0.25) is 0 Å². The summed E-state index contributed by atoms with van der Waals surface area (Å²) in [6, 6.07) is 19.7. The molecule has 0 aliphatic rings. The standard InChI is InChI=1S/C18H12F3S/c19-13-11-16(20)18(17(21)12-13)22(14-7-3-1-4-8-14)15-9-5-2-6-10-15/h1-12H/q+1. The molecule has 0 nitrogen and oxygen atoms in total. The maximum atomic E-state index is 14.3. The number of halogens is 3. The zero-order valence-electron chi connectivity index (χ0n) is 11.5. The van der Waals surface area contributed by atoms with Crippen molar-refractivity contribution < 1.29 is 13.2 Å². The van der Waals surface area contributed by atoms with Crippen molar-refractivity contribution in [2.24, 2.45) is 0 Å². The predicted molar refractivity (Wildman–Crippen MR) is 81.4 cm³/mol. The summed E-state index contributed by atoms with van der Waals surface area (Å²) < 4.78 is 41.7. The van der Waals surface area contributed by atoms with E-state index < -0.39 is 28.3 Å². The highest BCUT2D eigenvalue weighted by molar-refractivity contribution is 7.97. The van der Waals surface area contributed by atoms with Gasteiger partial charge in [0.1, 0.15) is 16.7 Å². The van der Waals surface area contributed by atoms with Crippen LogP contribution in [0.1, 0.15) is 0 Å². The summed E-state index contributed by atoms with van der Waals surface area (Å²) in [5.41, 5.74) is 0. The van der Waals surface area contributed by atoms with E-state index in [2.05, 4.69) is 0 Å². The molecule has 0 spiro atoms. The Balaban J connectivity index is 2.24. The van der Waals surface area contributed by atoms with Crippen LogP contribution in [0, 0.1) is 17.5 Å². The van der Waals surface area contributed by atoms with Crippen molar-refractivity contribution in [2.75, 3.05) is 0 Å². The molecule has 22 heavy (non-hydrogen) atoms. The van der Waals surface area contributed by atoms with Crippen molar-refractivity contribution in [1.29, 1.82) is 0 Å². The van der Waals surface area contributed by atoms with Gasteiger partial charge in [0.2, 0.25) is 4.90 Å². The smallest absolute Gasteiger partial charge is 0.207 e. The van der Waals surface area contributed by atoms with Gasteiger partial charge in [0.25, 0.3) is 0 Å². The van der Waals surface area contributed by atoms with Crippen LogP contribution in [0.5, 0.6) is 0 Å². The van der Waals surface area contributed by atoms with Crippen molar-refractivity contribution in [2.45, 2.75) is 14.7 Å². The van der Waals surface area contributed by atoms with Crippen LogP contribution in [0.25, 0.3) is 0 Å². The van der Waals surface area contributed by atoms with E-state index in [4.69, 9.17) is 0 Å². The minimum atomic E-state index is -0.963. The molecule has 0 aromatic heterocycles. The molecule has 0 atom stereocenters. The van der Waals surface area contributed by atoms with Gasteiger partial charge in [0, 0.05) is 12.1 Å². The van der Waals surface area contributed by atoms with Crippen molar-refractivity contribution in [3.05, 3.63) is 90.2 Å². The molecule has 4 heteroatoms. The van der Waals surface area contributed by atoms with Gasteiger partial charge < -0.3 is 0 Å². The molecule has 3 aromatic rings. The Bertz CT molecular complexity index is 710. The van der Waals surface area contributed by atoms with Crippen LogP contribution < -0.4 is 0 Å². The van der Waals surface area contributed by atoms with Crippen LogP contribution >= 0.6 is 0 Å². The average molecular weight is 317 g/mol. The molecular formula is C18H12F3S+. The molecule has 3 rings (SSSR count). The zero-order chi connectivity index (χ0) is 15.5. The summed E-state index contributed by atoms with van der Waals surface area (Å²) >= 11 is 0. The Morgan fingerprint density at radius 2 is 1.00 bits per heavy atom. The fourth-order valence-electron chi connectivity index (χ4n) is 2.21. The first-order valence-electron chi connectivity index (χ1n) is 6.66. The maximum absolute atomic E-state index is 14.3. The van der Waals surface area contributed by atoms with E-state index in [0.717, 1.165) is 21.9 Å². The maximum Gasteiger partial charge on any atom is 0.237 e.